The molecule has 1 aliphatic rings. The zero-order valence-electron chi connectivity index (χ0n) is 26.0. The topological polar surface area (TPSA) is 36.0 Å². The van der Waals surface area contributed by atoms with Crippen molar-refractivity contribution in [3.63, 3.8) is 0 Å². The van der Waals surface area contributed by atoms with Crippen LogP contribution in [0, 0.1) is 0 Å². The first-order valence-electron chi connectivity index (χ1n) is 14.8. The molecule has 5 aromatic carbocycles. The molecular formula is C38H37N3O2S. The Balaban J connectivity index is 1.41. The zero-order chi connectivity index (χ0) is 31.0. The van der Waals surface area contributed by atoms with Crippen molar-refractivity contribution in [3.05, 3.63) is 115 Å². The van der Waals surface area contributed by atoms with Gasteiger partial charge < -0.3 is 14.5 Å². The second-order valence-corrected chi connectivity index (χ2v) is 12.8. The summed E-state index contributed by atoms with van der Waals surface area (Å²) >= 11 is 1.71. The molecule has 1 amide bonds. The van der Waals surface area contributed by atoms with Gasteiger partial charge in [-0.05, 0) is 109 Å². The summed E-state index contributed by atoms with van der Waals surface area (Å²) in [6.45, 7) is 3.99. The minimum atomic E-state index is -0.0740. The summed E-state index contributed by atoms with van der Waals surface area (Å²) in [5.41, 5.74) is 9.18. The van der Waals surface area contributed by atoms with E-state index in [0.717, 1.165) is 60.5 Å². The molecule has 0 aliphatic carbocycles. The molecule has 0 spiro atoms. The molecule has 0 N–H and O–H groups in total. The first kappa shape index (κ1) is 29.4. The fraction of sp³-hybridized carbons (Fsp3) is 0.184. The Bertz CT molecular complexity index is 1690. The molecule has 44 heavy (non-hydrogen) atoms. The maximum absolute atomic E-state index is 14.2. The van der Waals surface area contributed by atoms with Gasteiger partial charge in [-0.25, -0.2) is 0 Å². The predicted molar refractivity (Wildman–Crippen MR) is 185 cm³/mol. The number of carbonyl (C=O) groups excluding carboxylic acids is 1. The Labute approximate surface area is 264 Å². The van der Waals surface area contributed by atoms with Crippen molar-refractivity contribution < 1.29 is 9.53 Å². The van der Waals surface area contributed by atoms with E-state index in [1.54, 1.807) is 11.8 Å². The number of amides is 1. The van der Waals surface area contributed by atoms with E-state index in [4.69, 9.17) is 4.74 Å². The van der Waals surface area contributed by atoms with Crippen molar-refractivity contribution >= 4 is 40.4 Å². The van der Waals surface area contributed by atoms with Crippen LogP contribution in [-0.2, 0) is 0 Å². The Morgan fingerprint density at radius 1 is 0.614 bits per heavy atom. The maximum atomic E-state index is 14.2. The summed E-state index contributed by atoms with van der Waals surface area (Å²) in [6, 6.07) is 37.3. The second-order valence-electron chi connectivity index (χ2n) is 11.7. The van der Waals surface area contributed by atoms with Crippen molar-refractivity contribution in [3.8, 4) is 28.0 Å². The van der Waals surface area contributed by atoms with Crippen molar-refractivity contribution in [2.24, 2.45) is 0 Å². The smallest absolute Gasteiger partial charge is 0.262 e. The minimum Gasteiger partial charge on any atom is -0.491 e. The van der Waals surface area contributed by atoms with Crippen molar-refractivity contribution in [2.45, 2.75) is 29.7 Å². The minimum absolute atomic E-state index is 0.0657. The average molecular weight is 600 g/mol. The van der Waals surface area contributed by atoms with Gasteiger partial charge in [-0.2, -0.15) is 0 Å². The van der Waals surface area contributed by atoms with Crippen LogP contribution in [-0.4, -0.2) is 40.2 Å². The van der Waals surface area contributed by atoms with Gasteiger partial charge in [0.05, 0.1) is 17.5 Å². The normalized spacial score (nSPS) is 12.0. The molecule has 1 aliphatic heterocycles. The number of hydrogen-bond acceptors (Lipinski definition) is 5. The lowest BCUT2D eigenvalue weighted by atomic mass is 10.0. The summed E-state index contributed by atoms with van der Waals surface area (Å²) in [5.74, 6) is 0.677. The third kappa shape index (κ3) is 5.90. The first-order valence-corrected chi connectivity index (χ1v) is 15.6. The van der Waals surface area contributed by atoms with Gasteiger partial charge in [-0.15, -0.1) is 0 Å². The number of carbonyl (C=O) groups is 1. The molecule has 6 rings (SSSR count). The van der Waals surface area contributed by atoms with Gasteiger partial charge in [0.25, 0.3) is 5.91 Å². The predicted octanol–water partition coefficient (Wildman–Crippen LogP) is 9.38. The standard InChI is InChI=1S/C38H37N3O2S/c1-25(2)43-33-19-11-28(12-20-33)38(42)41-34-21-13-29(26-7-15-31(16-8-26)39(3)4)23-36(34)44-37-24-30(14-22-35(37)41)27-9-17-32(18-10-27)40(5)6/h7-25H,1-6H3. The molecule has 0 fully saturated rings. The highest BCUT2D eigenvalue weighted by Gasteiger charge is 2.30. The highest BCUT2D eigenvalue weighted by molar-refractivity contribution is 7.99. The Hall–Kier alpha value is -4.68. The SMILES string of the molecule is CC(C)Oc1ccc(C(=O)N2c3ccc(-c4ccc(N(C)C)cc4)cc3Sc3cc(-c4ccc(N(C)C)cc4)ccc32)cc1. The number of anilines is 4. The molecule has 0 radical (unpaired) electrons. The fourth-order valence-electron chi connectivity index (χ4n) is 5.37. The van der Waals surface area contributed by atoms with E-state index in [1.165, 1.54) is 0 Å². The lowest BCUT2D eigenvalue weighted by molar-refractivity contribution is 0.0998. The highest BCUT2D eigenvalue weighted by atomic mass is 32.2. The van der Waals surface area contributed by atoms with Gasteiger partial charge in [-0.1, -0.05) is 48.2 Å². The zero-order valence-corrected chi connectivity index (χ0v) is 26.9. The molecule has 0 atom stereocenters. The van der Waals surface area contributed by atoms with Gasteiger partial charge in [0.15, 0.2) is 0 Å². The summed E-state index contributed by atoms with van der Waals surface area (Å²) in [4.78, 5) is 22.4. The molecular weight excluding hydrogens is 563 g/mol. The second kappa shape index (κ2) is 12.1. The highest BCUT2D eigenvalue weighted by Crippen LogP contribution is 2.51. The van der Waals surface area contributed by atoms with Gasteiger partial charge in [0.2, 0.25) is 0 Å². The molecule has 0 saturated carbocycles. The van der Waals surface area contributed by atoms with Crippen LogP contribution in [0.25, 0.3) is 22.3 Å². The van der Waals surface area contributed by atoms with Crippen LogP contribution in [0.3, 0.4) is 0 Å². The number of benzene rings is 5. The molecule has 0 unspecified atom stereocenters. The van der Waals surface area contributed by atoms with Crippen molar-refractivity contribution in [2.75, 3.05) is 42.9 Å². The van der Waals surface area contributed by atoms with Gasteiger partial charge >= 0.3 is 0 Å². The monoisotopic (exact) mass is 599 g/mol. The van der Waals surface area contributed by atoms with Gasteiger partial charge in [0, 0.05) is 54.9 Å². The number of fused-ring (bicyclic) bond motifs is 2. The average Bonchev–Trinajstić information content (AvgIpc) is 3.03. The van der Waals surface area contributed by atoms with E-state index in [0.29, 0.717) is 5.56 Å². The van der Waals surface area contributed by atoms with E-state index in [2.05, 4.69) is 94.7 Å². The fourth-order valence-corrected chi connectivity index (χ4v) is 6.51. The van der Waals surface area contributed by atoms with E-state index >= 15 is 0 Å². The van der Waals surface area contributed by atoms with E-state index in [9.17, 15) is 4.79 Å². The van der Waals surface area contributed by atoms with Gasteiger partial charge in [-0.3, -0.25) is 9.69 Å². The van der Waals surface area contributed by atoms with Crippen LogP contribution in [0.1, 0.15) is 24.2 Å². The summed E-state index contributed by atoms with van der Waals surface area (Å²) in [5, 5.41) is 0. The number of nitrogens with zero attached hydrogens (tertiary/aromatic N) is 3. The van der Waals surface area contributed by atoms with Crippen LogP contribution in [0.15, 0.2) is 119 Å². The van der Waals surface area contributed by atoms with Crippen LogP contribution in [0.2, 0.25) is 0 Å². The number of hydrogen-bond donors (Lipinski definition) is 0. The maximum Gasteiger partial charge on any atom is 0.262 e. The quantitative estimate of drug-likeness (QED) is 0.186. The van der Waals surface area contributed by atoms with E-state index in [1.807, 2.05) is 71.2 Å². The Kier molecular flexibility index (Phi) is 8.11. The van der Waals surface area contributed by atoms with Crippen LogP contribution < -0.4 is 19.4 Å². The van der Waals surface area contributed by atoms with Crippen molar-refractivity contribution in [1.29, 1.82) is 0 Å². The lowest BCUT2D eigenvalue weighted by Gasteiger charge is -2.32. The van der Waals surface area contributed by atoms with Gasteiger partial charge in [0.1, 0.15) is 5.75 Å². The van der Waals surface area contributed by atoms with Crippen molar-refractivity contribution in [1.82, 2.24) is 0 Å². The van der Waals surface area contributed by atoms with E-state index < -0.39 is 0 Å². The summed E-state index contributed by atoms with van der Waals surface area (Å²) < 4.78 is 5.82. The molecule has 5 aromatic rings. The van der Waals surface area contributed by atoms with Crippen LogP contribution >= 0.6 is 11.8 Å². The van der Waals surface area contributed by atoms with Crippen LogP contribution in [0.4, 0.5) is 22.7 Å². The van der Waals surface area contributed by atoms with E-state index in [-0.39, 0.29) is 12.0 Å². The third-order valence-electron chi connectivity index (χ3n) is 7.73. The Morgan fingerprint density at radius 3 is 1.45 bits per heavy atom. The molecule has 0 bridgehead atoms. The number of ether oxygens (including phenoxy) is 1. The molecule has 0 aromatic heterocycles. The molecule has 222 valence electrons. The largest absolute Gasteiger partial charge is 0.491 e. The molecule has 6 heteroatoms. The summed E-state index contributed by atoms with van der Waals surface area (Å²) in [7, 11) is 8.18. The number of rotatable bonds is 7. The molecule has 1 heterocycles. The van der Waals surface area contributed by atoms with Crippen LogP contribution in [0.5, 0.6) is 5.75 Å². The first-order chi connectivity index (χ1) is 21.2. The summed E-state index contributed by atoms with van der Waals surface area (Å²) in [6.07, 6.45) is 0.0657. The lowest BCUT2D eigenvalue weighted by Crippen LogP contribution is -2.28. The Morgan fingerprint density at radius 2 is 1.05 bits per heavy atom. The molecule has 0 saturated heterocycles. The third-order valence-corrected chi connectivity index (χ3v) is 8.83. The molecule has 5 nitrogen and oxygen atoms in total.